The van der Waals surface area contributed by atoms with Gasteiger partial charge in [-0.2, -0.15) is 0 Å². The Morgan fingerprint density at radius 1 is 1.19 bits per heavy atom. The van der Waals surface area contributed by atoms with Crippen LogP contribution in [0.3, 0.4) is 0 Å². The largest absolute Gasteiger partial charge is 0.466 e. The third kappa shape index (κ3) is 3.21. The smallest absolute Gasteiger partial charge is 0.333 e. The first-order chi connectivity index (χ1) is 7.57. The molecule has 0 saturated carbocycles. The van der Waals surface area contributed by atoms with Crippen LogP contribution in [0.25, 0.3) is 0 Å². The third-order valence-electron chi connectivity index (χ3n) is 3.63. The molecule has 0 aliphatic carbocycles. The summed E-state index contributed by atoms with van der Waals surface area (Å²) >= 11 is 0. The number of esters is 1. The second-order valence-corrected chi connectivity index (χ2v) is 8.49. The fourth-order valence-corrected chi connectivity index (χ4v) is 6.33. The first kappa shape index (κ1) is 13.5. The van der Waals surface area contributed by atoms with Crippen molar-refractivity contribution in [3.8, 4) is 0 Å². The molecule has 0 spiro atoms. The van der Waals surface area contributed by atoms with Gasteiger partial charge in [-0.25, -0.2) is 4.79 Å². The maximum atomic E-state index is 11.8. The monoisotopic (exact) mass is 240 g/mol. The minimum Gasteiger partial charge on any atom is -0.466 e. The Balaban J connectivity index is 2.90. The fraction of sp³-hybridized carbons (Fsp3) is 0.769. The summed E-state index contributed by atoms with van der Waals surface area (Å²) in [5.74, 6) is 0.187. The van der Waals surface area contributed by atoms with Crippen molar-refractivity contribution in [2.75, 3.05) is 7.11 Å². The van der Waals surface area contributed by atoms with E-state index in [0.29, 0.717) is 5.92 Å². The predicted molar refractivity (Wildman–Crippen MR) is 70.2 cm³/mol. The minimum atomic E-state index is -0.826. The summed E-state index contributed by atoms with van der Waals surface area (Å²) in [6.07, 6.45) is 4.10. The maximum absolute atomic E-state index is 11.8. The highest BCUT2D eigenvalue weighted by Crippen LogP contribution is 2.28. The number of carbonyl (C=O) groups is 1. The van der Waals surface area contributed by atoms with Gasteiger partial charge in [0.05, 0.1) is 15.9 Å². The summed E-state index contributed by atoms with van der Waals surface area (Å²) in [6, 6.07) is 2.75. The van der Waals surface area contributed by atoms with E-state index in [2.05, 4.69) is 20.8 Å². The molecule has 0 radical (unpaired) electrons. The Bertz CT molecular complexity index is 276. The summed E-state index contributed by atoms with van der Waals surface area (Å²) in [5.41, 5.74) is 0.959. The Morgan fingerprint density at radius 2 is 1.75 bits per heavy atom. The third-order valence-corrected chi connectivity index (χ3v) is 7.37. The van der Waals surface area contributed by atoms with Gasteiger partial charge in [0.25, 0.3) is 0 Å². The molecule has 0 aromatic rings. The number of carbonyl (C=O) groups excluding carboxylic acids is 1. The van der Waals surface area contributed by atoms with Crippen LogP contribution < -0.4 is 0 Å². The standard InChI is InChI=1S/C13H24O2Si/c1-10(2)12(13(14)15-4)11(3)16-8-6-5-7-9-16/h10,16H,5-9H2,1-4H3. The van der Waals surface area contributed by atoms with Crippen LogP contribution in [-0.4, -0.2) is 21.9 Å². The number of methoxy groups -OCH3 is 1. The molecule has 0 aromatic heterocycles. The van der Waals surface area contributed by atoms with Crippen LogP contribution >= 0.6 is 0 Å². The van der Waals surface area contributed by atoms with Crippen molar-refractivity contribution in [3.05, 3.63) is 10.8 Å². The molecule has 16 heavy (non-hydrogen) atoms. The van der Waals surface area contributed by atoms with E-state index in [1.807, 2.05) is 0 Å². The van der Waals surface area contributed by atoms with Gasteiger partial charge in [-0.3, -0.25) is 0 Å². The summed E-state index contributed by atoms with van der Waals surface area (Å²) in [4.78, 5) is 11.8. The van der Waals surface area contributed by atoms with Gasteiger partial charge in [-0.15, -0.1) is 0 Å². The van der Waals surface area contributed by atoms with Gasteiger partial charge in [0.1, 0.15) is 0 Å². The zero-order valence-corrected chi connectivity index (χ0v) is 12.2. The molecule has 0 atom stereocenters. The number of hydrogen-bond donors (Lipinski definition) is 0. The molecule has 3 heteroatoms. The van der Waals surface area contributed by atoms with Crippen LogP contribution in [-0.2, 0) is 9.53 Å². The predicted octanol–water partition coefficient (Wildman–Crippen LogP) is 3.08. The highest BCUT2D eigenvalue weighted by atomic mass is 28.3. The van der Waals surface area contributed by atoms with E-state index < -0.39 is 8.80 Å². The van der Waals surface area contributed by atoms with Crippen molar-refractivity contribution in [1.29, 1.82) is 0 Å². The van der Waals surface area contributed by atoms with Gasteiger partial charge >= 0.3 is 5.97 Å². The van der Waals surface area contributed by atoms with E-state index in [-0.39, 0.29) is 5.97 Å². The van der Waals surface area contributed by atoms with E-state index in [1.165, 1.54) is 43.7 Å². The number of allylic oxidation sites excluding steroid dienone is 1. The van der Waals surface area contributed by atoms with Gasteiger partial charge in [0.2, 0.25) is 0 Å². The molecule has 1 rings (SSSR count). The quantitative estimate of drug-likeness (QED) is 0.430. The first-order valence-electron chi connectivity index (χ1n) is 6.37. The van der Waals surface area contributed by atoms with Gasteiger partial charge in [0.15, 0.2) is 0 Å². The molecule has 1 heterocycles. The molecule has 2 nitrogen and oxygen atoms in total. The molecule has 92 valence electrons. The number of ether oxygens (including phenoxy) is 1. The van der Waals surface area contributed by atoms with Crippen molar-refractivity contribution in [3.63, 3.8) is 0 Å². The zero-order chi connectivity index (χ0) is 12.1. The summed E-state index contributed by atoms with van der Waals surface area (Å²) < 4.78 is 4.91. The molecule has 1 fully saturated rings. The highest BCUT2D eigenvalue weighted by Gasteiger charge is 2.24. The summed E-state index contributed by atoms with van der Waals surface area (Å²) in [6.45, 7) is 6.36. The van der Waals surface area contributed by atoms with E-state index >= 15 is 0 Å². The van der Waals surface area contributed by atoms with Gasteiger partial charge in [-0.05, 0) is 12.8 Å². The normalized spacial score (nSPS) is 19.6. The molecule has 1 aliphatic heterocycles. The molecular weight excluding hydrogens is 216 g/mol. The molecule has 0 N–H and O–H groups in total. The van der Waals surface area contributed by atoms with E-state index in [1.54, 1.807) is 0 Å². The van der Waals surface area contributed by atoms with Crippen molar-refractivity contribution >= 4 is 14.8 Å². The van der Waals surface area contributed by atoms with E-state index in [9.17, 15) is 4.79 Å². The number of rotatable bonds is 3. The van der Waals surface area contributed by atoms with Gasteiger partial charge in [-0.1, -0.05) is 50.4 Å². The SMILES string of the molecule is COC(=O)C(=C(C)[SiH]1CCCCC1)C(C)C. The molecular formula is C13H24O2Si. The highest BCUT2D eigenvalue weighted by molar-refractivity contribution is 6.67. The van der Waals surface area contributed by atoms with Gasteiger partial charge in [0, 0.05) is 5.57 Å². The summed E-state index contributed by atoms with van der Waals surface area (Å²) in [5, 5.41) is 1.40. The Labute approximate surface area is 101 Å². The second kappa shape index (κ2) is 6.23. The van der Waals surface area contributed by atoms with E-state index in [0.717, 1.165) is 5.57 Å². The Hall–Kier alpha value is -0.573. The lowest BCUT2D eigenvalue weighted by Crippen LogP contribution is -2.24. The lowest BCUT2D eigenvalue weighted by Gasteiger charge is -2.24. The van der Waals surface area contributed by atoms with Crippen molar-refractivity contribution in [2.24, 2.45) is 5.92 Å². The molecule has 0 unspecified atom stereocenters. The lowest BCUT2D eigenvalue weighted by atomic mass is 10.0. The minimum absolute atomic E-state index is 0.106. The number of hydrogen-bond acceptors (Lipinski definition) is 2. The average Bonchev–Trinajstić information content (AvgIpc) is 2.29. The van der Waals surface area contributed by atoms with Crippen molar-refractivity contribution in [2.45, 2.75) is 52.1 Å². The van der Waals surface area contributed by atoms with E-state index in [4.69, 9.17) is 4.74 Å². The lowest BCUT2D eigenvalue weighted by molar-refractivity contribution is -0.136. The Kier molecular flexibility index (Phi) is 5.26. The Morgan fingerprint density at radius 3 is 2.19 bits per heavy atom. The van der Waals surface area contributed by atoms with Crippen LogP contribution in [0.15, 0.2) is 10.8 Å². The second-order valence-electron chi connectivity index (χ2n) is 5.08. The molecule has 0 amide bonds. The molecule has 1 aliphatic rings. The topological polar surface area (TPSA) is 26.3 Å². The van der Waals surface area contributed by atoms with Crippen LogP contribution in [0.5, 0.6) is 0 Å². The van der Waals surface area contributed by atoms with Crippen LogP contribution in [0.4, 0.5) is 0 Å². The summed E-state index contributed by atoms with van der Waals surface area (Å²) in [7, 11) is 0.661. The maximum Gasteiger partial charge on any atom is 0.333 e. The molecule has 0 aromatic carbocycles. The first-order valence-corrected chi connectivity index (χ1v) is 8.58. The zero-order valence-electron chi connectivity index (χ0n) is 11.0. The van der Waals surface area contributed by atoms with Crippen LogP contribution in [0, 0.1) is 5.92 Å². The fourth-order valence-electron chi connectivity index (χ4n) is 2.72. The van der Waals surface area contributed by atoms with Crippen molar-refractivity contribution in [1.82, 2.24) is 0 Å². The van der Waals surface area contributed by atoms with Gasteiger partial charge < -0.3 is 4.74 Å². The molecule has 1 saturated heterocycles. The van der Waals surface area contributed by atoms with Crippen molar-refractivity contribution < 1.29 is 9.53 Å². The van der Waals surface area contributed by atoms with Crippen LogP contribution in [0.1, 0.15) is 40.0 Å². The average molecular weight is 240 g/mol. The molecule has 0 bridgehead atoms. The van der Waals surface area contributed by atoms with Crippen LogP contribution in [0.2, 0.25) is 12.1 Å².